The Labute approximate surface area is 126 Å². The molecule has 0 fully saturated rings. The number of hydrogen-bond donors (Lipinski definition) is 0. The molecular weight excluding hydrogens is 328 g/mol. The van der Waals surface area contributed by atoms with Gasteiger partial charge in [-0.25, -0.2) is 4.98 Å². The van der Waals surface area contributed by atoms with Crippen LogP contribution >= 0.6 is 27.5 Å². The largest absolute Gasteiger partial charge is 0.438 e. The van der Waals surface area contributed by atoms with Crippen LogP contribution < -0.4 is 4.74 Å². The normalized spacial score (nSPS) is 10.6. The topological polar surface area (TPSA) is 35.0 Å². The summed E-state index contributed by atoms with van der Waals surface area (Å²) < 4.78 is 6.88. The van der Waals surface area contributed by atoms with Crippen LogP contribution in [-0.2, 0) is 6.42 Å². The molecule has 0 aliphatic rings. The van der Waals surface area contributed by atoms with Gasteiger partial charge in [-0.1, -0.05) is 34.5 Å². The van der Waals surface area contributed by atoms with Crippen LogP contribution in [0.1, 0.15) is 23.9 Å². The van der Waals surface area contributed by atoms with Gasteiger partial charge in [0.25, 0.3) is 0 Å². The zero-order valence-corrected chi connectivity index (χ0v) is 13.3. The fraction of sp³-hybridized carbons (Fsp3) is 0.286. The molecule has 1 aromatic carbocycles. The summed E-state index contributed by atoms with van der Waals surface area (Å²) >= 11 is 9.52. The van der Waals surface area contributed by atoms with Gasteiger partial charge in [0.05, 0.1) is 0 Å². The number of hydrogen-bond acceptors (Lipinski definition) is 3. The average molecular weight is 342 g/mol. The summed E-state index contributed by atoms with van der Waals surface area (Å²) in [6.07, 6.45) is 0.718. The second kappa shape index (κ2) is 5.88. The molecule has 2 aromatic rings. The highest BCUT2D eigenvalue weighted by atomic mass is 79.9. The Morgan fingerprint density at radius 1 is 1.26 bits per heavy atom. The Hall–Kier alpha value is -1.13. The van der Waals surface area contributed by atoms with Crippen molar-refractivity contribution in [3.8, 4) is 11.6 Å². The summed E-state index contributed by atoms with van der Waals surface area (Å²) in [6.45, 7) is 5.82. The van der Waals surface area contributed by atoms with Crippen molar-refractivity contribution in [3.05, 3.63) is 44.8 Å². The molecule has 5 heteroatoms. The van der Waals surface area contributed by atoms with Crippen molar-refractivity contribution in [2.75, 3.05) is 0 Å². The van der Waals surface area contributed by atoms with Gasteiger partial charge in [0.1, 0.15) is 16.7 Å². The molecule has 0 atom stereocenters. The van der Waals surface area contributed by atoms with Crippen molar-refractivity contribution < 1.29 is 4.74 Å². The molecule has 0 amide bonds. The lowest BCUT2D eigenvalue weighted by atomic mass is 10.2. The Bertz CT molecular complexity index is 617. The number of benzene rings is 1. The van der Waals surface area contributed by atoms with Gasteiger partial charge < -0.3 is 4.74 Å². The van der Waals surface area contributed by atoms with Crippen LogP contribution in [0.3, 0.4) is 0 Å². The maximum absolute atomic E-state index is 6.09. The lowest BCUT2D eigenvalue weighted by molar-refractivity contribution is 0.451. The summed E-state index contributed by atoms with van der Waals surface area (Å²) in [4.78, 5) is 8.58. The molecule has 2 rings (SSSR count). The third-order valence-electron chi connectivity index (χ3n) is 2.75. The predicted molar refractivity (Wildman–Crippen MR) is 80.1 cm³/mol. The summed E-state index contributed by atoms with van der Waals surface area (Å²) in [6, 6.07) is 5.83. The average Bonchev–Trinajstić information content (AvgIpc) is 2.37. The Balaban J connectivity index is 2.40. The van der Waals surface area contributed by atoms with Crippen molar-refractivity contribution in [1.82, 2.24) is 9.97 Å². The molecule has 100 valence electrons. The van der Waals surface area contributed by atoms with Gasteiger partial charge in [-0.2, -0.15) is 4.98 Å². The third-order valence-corrected chi connectivity index (χ3v) is 3.61. The first kappa shape index (κ1) is 14.3. The van der Waals surface area contributed by atoms with E-state index in [1.54, 1.807) is 0 Å². The van der Waals surface area contributed by atoms with Crippen LogP contribution in [0.15, 0.2) is 22.7 Å². The minimum atomic E-state index is 0.441. The van der Waals surface area contributed by atoms with E-state index in [1.807, 2.05) is 39.0 Å². The molecule has 19 heavy (non-hydrogen) atoms. The van der Waals surface area contributed by atoms with E-state index in [1.165, 1.54) is 0 Å². The minimum Gasteiger partial charge on any atom is -0.438 e. The van der Waals surface area contributed by atoms with Crippen LogP contribution in [0.5, 0.6) is 11.6 Å². The van der Waals surface area contributed by atoms with E-state index in [0.717, 1.165) is 27.8 Å². The van der Waals surface area contributed by atoms with Gasteiger partial charge in [0, 0.05) is 16.5 Å². The van der Waals surface area contributed by atoms with Crippen LogP contribution in [0.4, 0.5) is 0 Å². The number of aromatic nitrogens is 2. The van der Waals surface area contributed by atoms with E-state index in [2.05, 4.69) is 25.9 Å². The smallest absolute Gasteiger partial charge is 0.227 e. The second-order valence-corrected chi connectivity index (χ2v) is 5.50. The third kappa shape index (κ3) is 3.25. The molecule has 0 aliphatic carbocycles. The molecule has 0 unspecified atom stereocenters. The quantitative estimate of drug-likeness (QED) is 0.747. The number of ether oxygens (including phenoxy) is 1. The number of aryl methyl sites for hydroxylation is 2. The van der Waals surface area contributed by atoms with Crippen LogP contribution in [0, 0.1) is 13.8 Å². The van der Waals surface area contributed by atoms with Gasteiger partial charge >= 0.3 is 0 Å². The van der Waals surface area contributed by atoms with Crippen LogP contribution in [0.25, 0.3) is 0 Å². The van der Waals surface area contributed by atoms with Crippen molar-refractivity contribution in [3.63, 3.8) is 0 Å². The van der Waals surface area contributed by atoms with E-state index < -0.39 is 0 Å². The molecule has 3 nitrogen and oxygen atoms in total. The molecule has 0 N–H and O–H groups in total. The first-order chi connectivity index (χ1) is 9.01. The summed E-state index contributed by atoms with van der Waals surface area (Å²) in [5.74, 6) is 1.96. The molecular formula is C14H14BrClN2O. The predicted octanol–water partition coefficient (Wildman–Crippen LogP) is 4.86. The minimum absolute atomic E-state index is 0.441. The molecule has 0 saturated heterocycles. The van der Waals surface area contributed by atoms with Crippen molar-refractivity contribution in [1.29, 1.82) is 0 Å². The standard InChI is InChI=1S/C14H14BrClN2O/c1-4-12-17-13(16)9(3)14(18-12)19-11-6-5-10(15)7-8(11)2/h5-7H,4H2,1-3H3. The highest BCUT2D eigenvalue weighted by molar-refractivity contribution is 9.10. The SMILES string of the molecule is CCc1nc(Cl)c(C)c(Oc2ccc(Br)cc2C)n1. The van der Waals surface area contributed by atoms with Gasteiger partial charge in [-0.05, 0) is 37.6 Å². The number of halogens is 2. The van der Waals surface area contributed by atoms with Crippen molar-refractivity contribution >= 4 is 27.5 Å². The van der Waals surface area contributed by atoms with E-state index in [9.17, 15) is 0 Å². The Morgan fingerprint density at radius 3 is 2.63 bits per heavy atom. The lowest BCUT2D eigenvalue weighted by Crippen LogP contribution is -2.00. The first-order valence-electron chi connectivity index (χ1n) is 5.98. The molecule has 1 aromatic heterocycles. The van der Waals surface area contributed by atoms with E-state index in [-0.39, 0.29) is 0 Å². The highest BCUT2D eigenvalue weighted by Gasteiger charge is 2.12. The molecule has 0 aliphatic heterocycles. The highest BCUT2D eigenvalue weighted by Crippen LogP contribution is 2.30. The van der Waals surface area contributed by atoms with Gasteiger partial charge in [0.2, 0.25) is 5.88 Å². The van der Waals surface area contributed by atoms with Gasteiger partial charge in [0.15, 0.2) is 0 Å². The molecule has 1 heterocycles. The van der Waals surface area contributed by atoms with E-state index in [0.29, 0.717) is 16.9 Å². The van der Waals surface area contributed by atoms with Gasteiger partial charge in [-0.15, -0.1) is 0 Å². The lowest BCUT2D eigenvalue weighted by Gasteiger charge is -2.12. The van der Waals surface area contributed by atoms with E-state index >= 15 is 0 Å². The number of nitrogens with zero attached hydrogens (tertiary/aromatic N) is 2. The Morgan fingerprint density at radius 2 is 2.00 bits per heavy atom. The number of rotatable bonds is 3. The van der Waals surface area contributed by atoms with Crippen LogP contribution in [0.2, 0.25) is 5.15 Å². The first-order valence-corrected chi connectivity index (χ1v) is 7.15. The monoisotopic (exact) mass is 340 g/mol. The van der Waals surface area contributed by atoms with Crippen LogP contribution in [-0.4, -0.2) is 9.97 Å². The zero-order valence-electron chi connectivity index (χ0n) is 11.0. The van der Waals surface area contributed by atoms with Gasteiger partial charge in [-0.3, -0.25) is 0 Å². The Kier molecular flexibility index (Phi) is 4.42. The van der Waals surface area contributed by atoms with Crippen molar-refractivity contribution in [2.45, 2.75) is 27.2 Å². The fourth-order valence-corrected chi connectivity index (χ4v) is 2.25. The van der Waals surface area contributed by atoms with E-state index in [4.69, 9.17) is 16.3 Å². The zero-order chi connectivity index (χ0) is 14.0. The van der Waals surface area contributed by atoms with Crippen molar-refractivity contribution in [2.24, 2.45) is 0 Å². The maximum atomic E-state index is 6.09. The molecule has 0 spiro atoms. The molecule has 0 bridgehead atoms. The summed E-state index contributed by atoms with van der Waals surface area (Å²) in [5.41, 5.74) is 1.78. The summed E-state index contributed by atoms with van der Waals surface area (Å²) in [5, 5.41) is 0.441. The fourth-order valence-electron chi connectivity index (χ4n) is 1.60. The molecule has 0 saturated carbocycles. The summed E-state index contributed by atoms with van der Waals surface area (Å²) in [7, 11) is 0. The second-order valence-electron chi connectivity index (χ2n) is 4.23. The molecule has 0 radical (unpaired) electrons. The maximum Gasteiger partial charge on any atom is 0.227 e.